The van der Waals surface area contributed by atoms with Crippen molar-refractivity contribution in [1.82, 2.24) is 0 Å². The van der Waals surface area contributed by atoms with Gasteiger partial charge >= 0.3 is 5.97 Å². The zero-order chi connectivity index (χ0) is 18.8. The number of amides is 1. The van der Waals surface area contributed by atoms with Gasteiger partial charge in [0, 0.05) is 15.1 Å². The zero-order valence-corrected chi connectivity index (χ0v) is 16.7. The third kappa shape index (κ3) is 4.08. The first-order chi connectivity index (χ1) is 12.4. The predicted molar refractivity (Wildman–Crippen MR) is 107 cm³/mol. The molecule has 2 aromatic carbocycles. The number of ether oxygens (including phenoxy) is 1. The normalized spacial score (nSPS) is 10.8. The van der Waals surface area contributed by atoms with E-state index in [4.69, 9.17) is 51.1 Å². The van der Waals surface area contributed by atoms with Crippen molar-refractivity contribution >= 4 is 85.4 Å². The molecule has 1 N–H and O–H groups in total. The summed E-state index contributed by atoms with van der Waals surface area (Å²) in [6, 6.07) is 10.2. The number of carbonyl (C=O) groups excluding carboxylic acids is 2. The van der Waals surface area contributed by atoms with Gasteiger partial charge in [0.05, 0.1) is 20.8 Å². The molecule has 0 saturated heterocycles. The average Bonchev–Trinajstić information content (AvgIpc) is 2.93. The van der Waals surface area contributed by atoms with Gasteiger partial charge in [-0.05, 0) is 18.2 Å². The number of carbonyl (C=O) groups is 2. The topological polar surface area (TPSA) is 55.4 Å². The van der Waals surface area contributed by atoms with Crippen LogP contribution >= 0.6 is 57.7 Å². The van der Waals surface area contributed by atoms with Crippen LogP contribution in [0.25, 0.3) is 10.1 Å². The second kappa shape index (κ2) is 8.03. The summed E-state index contributed by atoms with van der Waals surface area (Å²) in [6.45, 7) is -0.515. The fourth-order valence-corrected chi connectivity index (χ4v) is 4.49. The minimum absolute atomic E-state index is 0.176. The molecule has 3 aromatic rings. The molecule has 1 aromatic heterocycles. The van der Waals surface area contributed by atoms with E-state index in [1.54, 1.807) is 0 Å². The average molecular weight is 449 g/mol. The maximum atomic E-state index is 12.2. The molecule has 0 aliphatic heterocycles. The van der Waals surface area contributed by atoms with Gasteiger partial charge in [0.25, 0.3) is 5.91 Å². The van der Waals surface area contributed by atoms with Crippen molar-refractivity contribution in [1.29, 1.82) is 0 Å². The number of esters is 1. The quantitative estimate of drug-likeness (QED) is 0.475. The van der Waals surface area contributed by atoms with E-state index in [0.29, 0.717) is 10.0 Å². The highest BCUT2D eigenvalue weighted by molar-refractivity contribution is 7.21. The van der Waals surface area contributed by atoms with E-state index in [2.05, 4.69) is 5.32 Å². The number of nitrogens with one attached hydrogen (secondary N) is 1. The van der Waals surface area contributed by atoms with Crippen molar-refractivity contribution in [2.45, 2.75) is 0 Å². The Morgan fingerprint density at radius 2 is 1.69 bits per heavy atom. The second-order valence-electron chi connectivity index (χ2n) is 5.11. The van der Waals surface area contributed by atoms with Crippen LogP contribution in [0.15, 0.2) is 36.4 Å². The monoisotopic (exact) mass is 447 g/mol. The fourth-order valence-electron chi connectivity index (χ4n) is 2.18. The molecule has 134 valence electrons. The first-order valence-electron chi connectivity index (χ1n) is 7.15. The van der Waals surface area contributed by atoms with Gasteiger partial charge in [-0.25, -0.2) is 4.79 Å². The van der Waals surface area contributed by atoms with Crippen LogP contribution in [0.4, 0.5) is 5.69 Å². The minimum Gasteiger partial charge on any atom is -0.451 e. The Bertz CT molecular complexity index is 995. The summed E-state index contributed by atoms with van der Waals surface area (Å²) < 4.78 is 5.89. The van der Waals surface area contributed by atoms with Crippen LogP contribution in [-0.4, -0.2) is 18.5 Å². The largest absolute Gasteiger partial charge is 0.451 e. The Morgan fingerprint density at radius 3 is 2.35 bits per heavy atom. The molecule has 0 aliphatic carbocycles. The summed E-state index contributed by atoms with van der Waals surface area (Å²) in [6.07, 6.45) is 0. The standard InChI is InChI=1S/C17H9Cl4NO3S/c18-8-5-10(19)15(11(20)6-8)22-13(23)7-25-17(24)16-14(21)9-3-1-2-4-12(9)26-16/h1-6H,7H2,(H,22,23). The van der Waals surface area contributed by atoms with Crippen LogP contribution < -0.4 is 5.32 Å². The smallest absolute Gasteiger partial charge is 0.350 e. The molecule has 0 radical (unpaired) electrons. The number of anilines is 1. The Morgan fingerprint density at radius 1 is 1.04 bits per heavy atom. The number of thiophene rings is 1. The lowest BCUT2D eigenvalue weighted by Crippen LogP contribution is -2.21. The first kappa shape index (κ1) is 19.3. The zero-order valence-electron chi connectivity index (χ0n) is 12.8. The van der Waals surface area contributed by atoms with Gasteiger partial charge in [-0.15, -0.1) is 11.3 Å². The van der Waals surface area contributed by atoms with Crippen molar-refractivity contribution < 1.29 is 14.3 Å². The van der Waals surface area contributed by atoms with E-state index in [1.165, 1.54) is 23.5 Å². The molecule has 26 heavy (non-hydrogen) atoms. The number of hydrogen-bond acceptors (Lipinski definition) is 4. The predicted octanol–water partition coefficient (Wildman–Crippen LogP) is 6.31. The number of rotatable bonds is 4. The molecule has 4 nitrogen and oxygen atoms in total. The second-order valence-corrected chi connectivity index (χ2v) is 7.79. The van der Waals surface area contributed by atoms with E-state index in [0.717, 1.165) is 10.1 Å². The van der Waals surface area contributed by atoms with Crippen molar-refractivity contribution in [2.75, 3.05) is 11.9 Å². The van der Waals surface area contributed by atoms with E-state index in [-0.39, 0.29) is 20.6 Å². The van der Waals surface area contributed by atoms with Crippen LogP contribution in [0.3, 0.4) is 0 Å². The molecule has 3 rings (SSSR count). The van der Waals surface area contributed by atoms with Crippen LogP contribution in [0, 0.1) is 0 Å². The van der Waals surface area contributed by atoms with Crippen LogP contribution in [0.1, 0.15) is 9.67 Å². The molecule has 0 spiro atoms. The lowest BCUT2D eigenvalue weighted by atomic mass is 10.2. The van der Waals surface area contributed by atoms with E-state index >= 15 is 0 Å². The molecule has 1 amide bonds. The van der Waals surface area contributed by atoms with Gasteiger partial charge in [0.2, 0.25) is 0 Å². The SMILES string of the molecule is O=C(COC(=O)c1sc2ccccc2c1Cl)Nc1c(Cl)cc(Cl)cc1Cl. The number of halogens is 4. The highest BCUT2D eigenvalue weighted by Gasteiger charge is 2.20. The van der Waals surface area contributed by atoms with Crippen molar-refractivity contribution in [3.8, 4) is 0 Å². The Labute approximate surface area is 172 Å². The maximum Gasteiger partial charge on any atom is 0.350 e. The molecule has 0 bridgehead atoms. The molecule has 1 heterocycles. The Balaban J connectivity index is 1.67. The van der Waals surface area contributed by atoms with Gasteiger partial charge in [-0.3, -0.25) is 4.79 Å². The van der Waals surface area contributed by atoms with Gasteiger partial charge in [0.15, 0.2) is 6.61 Å². The molecule has 0 aliphatic rings. The third-order valence-electron chi connectivity index (χ3n) is 3.33. The summed E-state index contributed by atoms with van der Waals surface area (Å²) in [5.41, 5.74) is 0.193. The summed E-state index contributed by atoms with van der Waals surface area (Å²) in [5, 5.41) is 4.24. The lowest BCUT2D eigenvalue weighted by Gasteiger charge is -2.10. The Hall–Kier alpha value is -1.50. The molecule has 0 fully saturated rings. The number of fused-ring (bicyclic) bond motifs is 1. The van der Waals surface area contributed by atoms with E-state index < -0.39 is 18.5 Å². The summed E-state index contributed by atoms with van der Waals surface area (Å²) in [5.74, 6) is -1.28. The summed E-state index contributed by atoms with van der Waals surface area (Å²) in [4.78, 5) is 24.5. The van der Waals surface area contributed by atoms with Crippen LogP contribution in [-0.2, 0) is 9.53 Å². The summed E-state index contributed by atoms with van der Waals surface area (Å²) >= 11 is 25.2. The first-order valence-corrected chi connectivity index (χ1v) is 9.48. The molecule has 0 saturated carbocycles. The molecule has 0 atom stereocenters. The van der Waals surface area contributed by atoms with Crippen molar-refractivity contribution in [2.24, 2.45) is 0 Å². The van der Waals surface area contributed by atoms with Crippen LogP contribution in [0.5, 0.6) is 0 Å². The number of benzene rings is 2. The molecule has 9 heteroatoms. The van der Waals surface area contributed by atoms with Gasteiger partial charge in [-0.1, -0.05) is 64.6 Å². The van der Waals surface area contributed by atoms with Crippen molar-refractivity contribution in [3.05, 3.63) is 61.4 Å². The van der Waals surface area contributed by atoms with Crippen molar-refractivity contribution in [3.63, 3.8) is 0 Å². The molecular formula is C17H9Cl4NO3S. The van der Waals surface area contributed by atoms with E-state index in [1.807, 2.05) is 24.3 Å². The maximum absolute atomic E-state index is 12.2. The van der Waals surface area contributed by atoms with Gasteiger partial charge < -0.3 is 10.1 Å². The third-order valence-corrected chi connectivity index (χ3v) is 5.80. The van der Waals surface area contributed by atoms with Gasteiger partial charge in [0.1, 0.15) is 4.88 Å². The van der Waals surface area contributed by atoms with Crippen LogP contribution in [0.2, 0.25) is 20.1 Å². The lowest BCUT2D eigenvalue weighted by molar-refractivity contribution is -0.119. The van der Waals surface area contributed by atoms with E-state index in [9.17, 15) is 9.59 Å². The van der Waals surface area contributed by atoms with Gasteiger partial charge in [-0.2, -0.15) is 0 Å². The summed E-state index contributed by atoms with van der Waals surface area (Å²) in [7, 11) is 0. The number of hydrogen-bond donors (Lipinski definition) is 1. The molecule has 0 unspecified atom stereocenters. The minimum atomic E-state index is -0.681. The fraction of sp³-hybridized carbons (Fsp3) is 0.0588. The highest BCUT2D eigenvalue weighted by Crippen LogP contribution is 2.36. The Kier molecular flexibility index (Phi) is 5.95. The highest BCUT2D eigenvalue weighted by atomic mass is 35.5. The molecular weight excluding hydrogens is 440 g/mol.